The molecule has 1 fully saturated rings. The molecule has 0 saturated carbocycles. The van der Waals surface area contributed by atoms with Crippen LogP contribution in [0.4, 0.5) is 17.3 Å². The van der Waals surface area contributed by atoms with Crippen molar-refractivity contribution in [3.63, 3.8) is 0 Å². The van der Waals surface area contributed by atoms with Crippen molar-refractivity contribution >= 4 is 46.3 Å². The molecule has 2 N–H and O–H groups in total. The quantitative estimate of drug-likeness (QED) is 0.349. The Hall–Kier alpha value is -3.37. The van der Waals surface area contributed by atoms with E-state index in [4.69, 9.17) is 0 Å². The van der Waals surface area contributed by atoms with Crippen LogP contribution in [0, 0.1) is 6.92 Å². The summed E-state index contributed by atoms with van der Waals surface area (Å²) in [6.07, 6.45) is 5.22. The van der Waals surface area contributed by atoms with Crippen LogP contribution in [0.25, 0.3) is 11.3 Å². The summed E-state index contributed by atoms with van der Waals surface area (Å²) in [7, 11) is 2.16. The van der Waals surface area contributed by atoms with Crippen molar-refractivity contribution < 1.29 is 7.65 Å². The monoisotopic (exact) mass is 519 g/mol. The molecule has 2 aromatic heterocycles. The SMILES string of the molecule is Cc1ccc(NC(=O)c2ccc(CN3CCN(C)CC3)cc2)cc1Nc1nccc(-c2cccnc2)n1.[H-].[H-].[Mg+2]. The van der Waals surface area contributed by atoms with E-state index in [9.17, 15) is 4.79 Å². The first-order valence-electron chi connectivity index (χ1n) is 12.5. The average Bonchev–Trinajstić information content (AvgIpc) is 2.93. The minimum Gasteiger partial charge on any atom is -1.00 e. The summed E-state index contributed by atoms with van der Waals surface area (Å²) in [5, 5.41) is 6.29. The number of amides is 1. The minimum absolute atomic E-state index is 0. The van der Waals surface area contributed by atoms with Crippen molar-refractivity contribution in [2.24, 2.45) is 0 Å². The Morgan fingerprint density at radius 1 is 1.00 bits per heavy atom. The number of nitrogens with one attached hydrogen (secondary N) is 2. The third-order valence-electron chi connectivity index (χ3n) is 6.57. The van der Waals surface area contributed by atoms with Crippen LogP contribution in [0.5, 0.6) is 0 Å². The molecule has 2 aromatic carbocycles. The number of hydrogen-bond donors (Lipinski definition) is 2. The van der Waals surface area contributed by atoms with Gasteiger partial charge in [0.25, 0.3) is 5.91 Å². The van der Waals surface area contributed by atoms with Crippen molar-refractivity contribution in [2.75, 3.05) is 43.9 Å². The minimum atomic E-state index is -0.143. The van der Waals surface area contributed by atoms with Gasteiger partial charge in [-0.3, -0.25) is 14.7 Å². The molecule has 0 spiro atoms. The molecular formula is C29H33MgN7O. The Labute approximate surface area is 242 Å². The van der Waals surface area contributed by atoms with Gasteiger partial charge in [-0.2, -0.15) is 0 Å². The number of pyridine rings is 1. The largest absolute Gasteiger partial charge is 2.00 e. The maximum absolute atomic E-state index is 12.9. The van der Waals surface area contributed by atoms with E-state index in [2.05, 4.69) is 42.4 Å². The second kappa shape index (κ2) is 12.9. The summed E-state index contributed by atoms with van der Waals surface area (Å²) in [5.41, 5.74) is 6.08. The van der Waals surface area contributed by atoms with Gasteiger partial charge in [0.15, 0.2) is 0 Å². The Kier molecular flexibility index (Phi) is 9.41. The average molecular weight is 520 g/mol. The Balaban J connectivity index is 0.00000187. The number of piperazine rings is 1. The summed E-state index contributed by atoms with van der Waals surface area (Å²) in [6, 6.07) is 19.3. The van der Waals surface area contributed by atoms with Crippen LogP contribution >= 0.6 is 0 Å². The molecule has 1 amide bonds. The molecule has 9 heteroatoms. The van der Waals surface area contributed by atoms with E-state index in [0.717, 1.165) is 55.2 Å². The van der Waals surface area contributed by atoms with Crippen LogP contribution in [0.1, 0.15) is 24.3 Å². The summed E-state index contributed by atoms with van der Waals surface area (Å²) < 4.78 is 0. The molecule has 0 atom stereocenters. The number of anilines is 3. The van der Waals surface area contributed by atoms with E-state index in [-0.39, 0.29) is 31.8 Å². The predicted molar refractivity (Wildman–Crippen MR) is 155 cm³/mol. The first-order valence-corrected chi connectivity index (χ1v) is 12.5. The number of rotatable bonds is 7. The second-order valence-electron chi connectivity index (χ2n) is 9.39. The molecule has 38 heavy (non-hydrogen) atoms. The van der Waals surface area contributed by atoms with Gasteiger partial charge in [0.05, 0.1) is 5.69 Å². The predicted octanol–water partition coefficient (Wildman–Crippen LogP) is 4.43. The van der Waals surface area contributed by atoms with E-state index in [1.54, 1.807) is 18.6 Å². The number of aryl methyl sites for hydroxylation is 1. The number of carbonyl (C=O) groups is 1. The second-order valence-corrected chi connectivity index (χ2v) is 9.39. The first kappa shape index (κ1) is 27.7. The summed E-state index contributed by atoms with van der Waals surface area (Å²) in [5.74, 6) is 0.333. The van der Waals surface area contributed by atoms with E-state index in [1.165, 1.54) is 5.56 Å². The molecule has 0 unspecified atom stereocenters. The van der Waals surface area contributed by atoms with Crippen LogP contribution in [0.2, 0.25) is 0 Å². The van der Waals surface area contributed by atoms with E-state index >= 15 is 0 Å². The Morgan fingerprint density at radius 2 is 1.79 bits per heavy atom. The normalized spacial score (nSPS) is 13.9. The van der Waals surface area contributed by atoms with Crippen LogP contribution in [-0.4, -0.2) is 86.9 Å². The number of nitrogens with zero attached hydrogens (tertiary/aromatic N) is 5. The van der Waals surface area contributed by atoms with E-state index in [0.29, 0.717) is 17.2 Å². The molecule has 5 rings (SSSR count). The van der Waals surface area contributed by atoms with Gasteiger partial charge in [0.1, 0.15) is 0 Å². The van der Waals surface area contributed by atoms with Crippen LogP contribution in [0.15, 0.2) is 79.3 Å². The van der Waals surface area contributed by atoms with Gasteiger partial charge in [-0.25, -0.2) is 9.97 Å². The Morgan fingerprint density at radius 3 is 2.53 bits per heavy atom. The smallest absolute Gasteiger partial charge is 1.00 e. The maximum Gasteiger partial charge on any atom is 2.00 e. The molecule has 1 saturated heterocycles. The summed E-state index contributed by atoms with van der Waals surface area (Å²) in [4.78, 5) is 30.9. The third-order valence-corrected chi connectivity index (χ3v) is 6.57. The molecular weight excluding hydrogens is 487 g/mol. The fourth-order valence-corrected chi connectivity index (χ4v) is 4.28. The summed E-state index contributed by atoms with van der Waals surface area (Å²) in [6.45, 7) is 7.24. The number of carbonyl (C=O) groups excluding carboxylic acids is 1. The van der Waals surface area contributed by atoms with Gasteiger partial charge >= 0.3 is 23.1 Å². The molecule has 1 aliphatic rings. The van der Waals surface area contributed by atoms with Gasteiger partial charge in [0, 0.05) is 73.8 Å². The zero-order chi connectivity index (χ0) is 25.6. The standard InChI is InChI=1S/C29H31N7O.Mg.2H/c1-21-5-10-25(18-27(21)34-29-31-13-11-26(33-29)24-4-3-12-30-19-24)32-28(37)23-8-6-22(7-9-23)20-36-16-14-35(2)15-17-36;;;/h3-13,18-19H,14-17,20H2,1-2H3,(H,32,37)(H,31,33,34);;;/q;+2;2*-1. The van der Waals surface area contributed by atoms with E-state index in [1.807, 2.05) is 67.6 Å². The number of aromatic nitrogens is 3. The number of benzene rings is 2. The fraction of sp³-hybridized carbons (Fsp3) is 0.241. The van der Waals surface area contributed by atoms with Crippen molar-refractivity contribution in [3.8, 4) is 11.3 Å². The van der Waals surface area contributed by atoms with Crippen LogP contribution in [0.3, 0.4) is 0 Å². The molecule has 8 nitrogen and oxygen atoms in total. The summed E-state index contributed by atoms with van der Waals surface area (Å²) >= 11 is 0. The third kappa shape index (κ3) is 7.14. The van der Waals surface area contributed by atoms with Crippen LogP contribution < -0.4 is 10.6 Å². The zero-order valence-corrected chi connectivity index (χ0v) is 23.3. The Bertz CT molecular complexity index is 1370. The van der Waals surface area contributed by atoms with Gasteiger partial charge < -0.3 is 18.4 Å². The van der Waals surface area contributed by atoms with Gasteiger partial charge in [0.2, 0.25) is 5.95 Å². The molecule has 192 valence electrons. The zero-order valence-electron chi connectivity index (χ0n) is 23.9. The molecule has 0 radical (unpaired) electrons. The molecule has 3 heterocycles. The molecule has 4 aromatic rings. The van der Waals surface area contributed by atoms with E-state index < -0.39 is 0 Å². The number of hydrogen-bond acceptors (Lipinski definition) is 7. The van der Waals surface area contributed by atoms with Crippen molar-refractivity contribution in [2.45, 2.75) is 13.5 Å². The first-order chi connectivity index (χ1) is 18.0. The van der Waals surface area contributed by atoms with Gasteiger partial charge in [-0.15, -0.1) is 0 Å². The van der Waals surface area contributed by atoms with Gasteiger partial charge in [-0.1, -0.05) is 18.2 Å². The fourth-order valence-electron chi connectivity index (χ4n) is 4.28. The van der Waals surface area contributed by atoms with Crippen molar-refractivity contribution in [3.05, 3.63) is 95.9 Å². The van der Waals surface area contributed by atoms with Crippen molar-refractivity contribution in [1.29, 1.82) is 0 Å². The number of likely N-dealkylation sites (N-methyl/N-ethyl adjacent to an activating group) is 1. The van der Waals surface area contributed by atoms with Crippen molar-refractivity contribution in [1.82, 2.24) is 24.8 Å². The molecule has 0 bridgehead atoms. The van der Waals surface area contributed by atoms with Crippen LogP contribution in [-0.2, 0) is 6.54 Å². The molecule has 0 aliphatic carbocycles. The maximum atomic E-state index is 12.9. The van der Waals surface area contributed by atoms with Gasteiger partial charge in [-0.05, 0) is 67.6 Å². The topological polar surface area (TPSA) is 86.3 Å². The molecule has 1 aliphatic heterocycles.